The number of rotatable bonds is 7. The van der Waals surface area contributed by atoms with Crippen LogP contribution in [0.15, 0.2) is 18.2 Å². The lowest BCUT2D eigenvalue weighted by molar-refractivity contribution is -0.139. The molecule has 6 nitrogen and oxygen atoms in total. The van der Waals surface area contributed by atoms with Crippen LogP contribution in [0.3, 0.4) is 0 Å². The largest absolute Gasteiger partial charge is 0.508 e. The summed E-state index contributed by atoms with van der Waals surface area (Å²) in [7, 11) is 1.54. The molecule has 0 radical (unpaired) electrons. The van der Waals surface area contributed by atoms with Crippen LogP contribution in [-0.4, -0.2) is 53.0 Å². The molecule has 1 aromatic rings. The second-order valence-electron chi connectivity index (χ2n) is 4.28. The van der Waals surface area contributed by atoms with Crippen molar-refractivity contribution in [1.29, 1.82) is 0 Å². The standard InChI is InChI=1S/C13H19NO5/c1-9(11-4-3-10(15)7-12(11)16)14(5-6-19-2)8-13(17)18/h3-4,7,9,15-16H,5-6,8H2,1-2H3,(H,17,18). The van der Waals surface area contributed by atoms with Gasteiger partial charge in [-0.15, -0.1) is 0 Å². The number of phenolic OH excluding ortho intramolecular Hbond substituents is 2. The Morgan fingerprint density at radius 3 is 2.63 bits per heavy atom. The first-order valence-corrected chi connectivity index (χ1v) is 5.92. The molecule has 0 spiro atoms. The number of aliphatic carboxylic acids is 1. The highest BCUT2D eigenvalue weighted by Crippen LogP contribution is 2.30. The third-order valence-electron chi connectivity index (χ3n) is 2.93. The summed E-state index contributed by atoms with van der Waals surface area (Å²) < 4.78 is 4.95. The Kier molecular flexibility index (Phi) is 5.59. The number of ether oxygens (including phenoxy) is 1. The zero-order chi connectivity index (χ0) is 14.4. The van der Waals surface area contributed by atoms with Crippen LogP contribution in [0.25, 0.3) is 0 Å². The predicted molar refractivity (Wildman–Crippen MR) is 69.3 cm³/mol. The Morgan fingerprint density at radius 1 is 1.42 bits per heavy atom. The average molecular weight is 269 g/mol. The summed E-state index contributed by atoms with van der Waals surface area (Å²) >= 11 is 0. The van der Waals surface area contributed by atoms with E-state index in [-0.39, 0.29) is 24.1 Å². The Hall–Kier alpha value is -1.79. The molecule has 0 fully saturated rings. The maximum Gasteiger partial charge on any atom is 0.317 e. The zero-order valence-corrected chi connectivity index (χ0v) is 11.0. The molecule has 3 N–H and O–H groups in total. The van der Waals surface area contributed by atoms with Crippen molar-refractivity contribution >= 4 is 5.97 Å². The first kappa shape index (κ1) is 15.3. The number of hydrogen-bond donors (Lipinski definition) is 3. The van der Waals surface area contributed by atoms with Crippen LogP contribution in [0.4, 0.5) is 0 Å². The summed E-state index contributed by atoms with van der Waals surface area (Å²) in [5, 5.41) is 28.0. The summed E-state index contributed by atoms with van der Waals surface area (Å²) in [4.78, 5) is 12.5. The summed E-state index contributed by atoms with van der Waals surface area (Å²) in [6, 6.07) is 3.98. The fourth-order valence-electron chi connectivity index (χ4n) is 1.87. The normalized spacial score (nSPS) is 12.6. The van der Waals surface area contributed by atoms with Gasteiger partial charge in [0.1, 0.15) is 11.5 Å². The van der Waals surface area contributed by atoms with Gasteiger partial charge in [-0.3, -0.25) is 9.69 Å². The molecular weight excluding hydrogens is 250 g/mol. The van der Waals surface area contributed by atoms with Crippen molar-refractivity contribution in [1.82, 2.24) is 4.90 Å². The minimum Gasteiger partial charge on any atom is -0.508 e. The van der Waals surface area contributed by atoms with Gasteiger partial charge in [-0.1, -0.05) is 6.07 Å². The lowest BCUT2D eigenvalue weighted by Crippen LogP contribution is -2.35. The lowest BCUT2D eigenvalue weighted by Gasteiger charge is -2.28. The third kappa shape index (κ3) is 4.42. The van der Waals surface area contributed by atoms with E-state index in [4.69, 9.17) is 9.84 Å². The van der Waals surface area contributed by atoms with Crippen LogP contribution in [0.2, 0.25) is 0 Å². The molecule has 19 heavy (non-hydrogen) atoms. The van der Waals surface area contributed by atoms with Gasteiger partial charge >= 0.3 is 5.97 Å². The molecule has 6 heteroatoms. The minimum atomic E-state index is -0.943. The van der Waals surface area contributed by atoms with Crippen LogP contribution < -0.4 is 0 Å². The van der Waals surface area contributed by atoms with E-state index in [0.717, 1.165) is 0 Å². The van der Waals surface area contributed by atoms with E-state index in [0.29, 0.717) is 18.7 Å². The molecule has 106 valence electrons. The smallest absolute Gasteiger partial charge is 0.317 e. The van der Waals surface area contributed by atoms with E-state index in [2.05, 4.69) is 0 Å². The van der Waals surface area contributed by atoms with Crippen LogP contribution in [-0.2, 0) is 9.53 Å². The summed E-state index contributed by atoms with van der Waals surface area (Å²) in [5.41, 5.74) is 0.565. The summed E-state index contributed by atoms with van der Waals surface area (Å²) in [6.45, 7) is 2.48. The van der Waals surface area contributed by atoms with Crippen molar-refractivity contribution < 1.29 is 24.9 Å². The molecular formula is C13H19NO5. The predicted octanol–water partition coefficient (Wildman–Crippen LogP) is 1.19. The fraction of sp³-hybridized carbons (Fsp3) is 0.462. The number of benzene rings is 1. The second kappa shape index (κ2) is 6.96. The van der Waals surface area contributed by atoms with Crippen molar-refractivity contribution in [2.24, 2.45) is 0 Å². The van der Waals surface area contributed by atoms with Gasteiger partial charge < -0.3 is 20.1 Å². The van der Waals surface area contributed by atoms with Crippen molar-refractivity contribution in [3.8, 4) is 11.5 Å². The molecule has 0 aliphatic heterocycles. The molecule has 0 saturated carbocycles. The molecule has 0 bridgehead atoms. The Morgan fingerprint density at radius 2 is 2.11 bits per heavy atom. The van der Waals surface area contributed by atoms with Gasteiger partial charge in [0.25, 0.3) is 0 Å². The first-order valence-electron chi connectivity index (χ1n) is 5.92. The first-order chi connectivity index (χ1) is 8.95. The maximum atomic E-state index is 10.9. The number of nitrogens with zero attached hydrogens (tertiary/aromatic N) is 1. The summed E-state index contributed by atoms with van der Waals surface area (Å²) in [5.74, 6) is -1.03. The van der Waals surface area contributed by atoms with Crippen LogP contribution in [0.1, 0.15) is 18.5 Å². The highest BCUT2D eigenvalue weighted by molar-refractivity contribution is 5.69. The molecule has 1 unspecified atom stereocenters. The lowest BCUT2D eigenvalue weighted by atomic mass is 10.1. The van der Waals surface area contributed by atoms with Crippen LogP contribution >= 0.6 is 0 Å². The molecule has 0 heterocycles. The van der Waals surface area contributed by atoms with Gasteiger partial charge in [0.05, 0.1) is 13.2 Å². The topological polar surface area (TPSA) is 90.2 Å². The van der Waals surface area contributed by atoms with E-state index < -0.39 is 5.97 Å². The Balaban J connectivity index is 2.90. The molecule has 0 aliphatic rings. The van der Waals surface area contributed by atoms with Gasteiger partial charge in [-0.05, 0) is 13.0 Å². The highest BCUT2D eigenvalue weighted by Gasteiger charge is 2.20. The quantitative estimate of drug-likeness (QED) is 0.689. The molecule has 1 aromatic carbocycles. The molecule has 1 rings (SSSR count). The molecule has 1 atom stereocenters. The van der Waals surface area contributed by atoms with Crippen molar-refractivity contribution in [3.63, 3.8) is 0 Å². The van der Waals surface area contributed by atoms with Crippen molar-refractivity contribution in [2.45, 2.75) is 13.0 Å². The monoisotopic (exact) mass is 269 g/mol. The van der Waals surface area contributed by atoms with E-state index in [1.165, 1.54) is 12.1 Å². The molecule has 0 aromatic heterocycles. The number of methoxy groups -OCH3 is 1. The van der Waals surface area contributed by atoms with E-state index in [9.17, 15) is 15.0 Å². The molecule has 0 aliphatic carbocycles. The highest BCUT2D eigenvalue weighted by atomic mass is 16.5. The number of aromatic hydroxyl groups is 2. The van der Waals surface area contributed by atoms with Gasteiger partial charge in [-0.25, -0.2) is 0 Å². The van der Waals surface area contributed by atoms with Crippen LogP contribution in [0.5, 0.6) is 11.5 Å². The zero-order valence-electron chi connectivity index (χ0n) is 11.0. The number of carboxylic acid groups (broad SMARTS) is 1. The third-order valence-corrected chi connectivity index (χ3v) is 2.93. The summed E-state index contributed by atoms with van der Waals surface area (Å²) in [6.07, 6.45) is 0. The number of phenols is 2. The van der Waals surface area contributed by atoms with Gasteiger partial charge in [0, 0.05) is 31.3 Å². The number of hydrogen-bond acceptors (Lipinski definition) is 5. The average Bonchev–Trinajstić information content (AvgIpc) is 2.33. The van der Waals surface area contributed by atoms with Crippen molar-refractivity contribution in [2.75, 3.05) is 26.8 Å². The van der Waals surface area contributed by atoms with Gasteiger partial charge in [0.2, 0.25) is 0 Å². The van der Waals surface area contributed by atoms with Gasteiger partial charge in [0.15, 0.2) is 0 Å². The van der Waals surface area contributed by atoms with Crippen LogP contribution in [0, 0.1) is 0 Å². The fourth-order valence-corrected chi connectivity index (χ4v) is 1.87. The minimum absolute atomic E-state index is 0.0323. The Bertz CT molecular complexity index is 435. The van der Waals surface area contributed by atoms with E-state index >= 15 is 0 Å². The Labute approximate surface area is 111 Å². The van der Waals surface area contributed by atoms with Gasteiger partial charge in [-0.2, -0.15) is 0 Å². The van der Waals surface area contributed by atoms with E-state index in [1.54, 1.807) is 25.0 Å². The number of carbonyl (C=O) groups is 1. The number of carboxylic acids is 1. The SMILES string of the molecule is COCCN(CC(=O)O)C(C)c1ccc(O)cc1O. The van der Waals surface area contributed by atoms with E-state index in [1.807, 2.05) is 0 Å². The molecule has 0 saturated heterocycles. The maximum absolute atomic E-state index is 10.9. The molecule has 0 amide bonds. The second-order valence-corrected chi connectivity index (χ2v) is 4.28. The van der Waals surface area contributed by atoms with Crippen molar-refractivity contribution in [3.05, 3.63) is 23.8 Å².